The van der Waals surface area contributed by atoms with Crippen molar-refractivity contribution in [1.82, 2.24) is 14.7 Å². The zero-order chi connectivity index (χ0) is 15.5. The van der Waals surface area contributed by atoms with Crippen molar-refractivity contribution in [2.45, 2.75) is 6.42 Å². The SMILES string of the molecule is O=C(NCCc1cn2cc(F)ccc2n1)c1cccc(F)c1. The molecule has 2 heterocycles. The zero-order valence-electron chi connectivity index (χ0n) is 11.6. The Labute approximate surface area is 125 Å². The largest absolute Gasteiger partial charge is 0.352 e. The molecule has 1 aromatic carbocycles. The fraction of sp³-hybridized carbons (Fsp3) is 0.125. The van der Waals surface area contributed by atoms with Gasteiger partial charge in [0.05, 0.1) is 5.69 Å². The van der Waals surface area contributed by atoms with Crippen LogP contribution < -0.4 is 5.32 Å². The lowest BCUT2D eigenvalue weighted by atomic mass is 10.2. The van der Waals surface area contributed by atoms with Gasteiger partial charge in [-0.25, -0.2) is 13.8 Å². The lowest BCUT2D eigenvalue weighted by Crippen LogP contribution is -2.25. The van der Waals surface area contributed by atoms with Gasteiger partial charge in [0.25, 0.3) is 5.91 Å². The van der Waals surface area contributed by atoms with Gasteiger partial charge in [0.2, 0.25) is 0 Å². The second kappa shape index (κ2) is 5.93. The van der Waals surface area contributed by atoms with E-state index in [1.54, 1.807) is 22.7 Å². The lowest BCUT2D eigenvalue weighted by Gasteiger charge is -2.03. The molecule has 0 spiro atoms. The Hall–Kier alpha value is -2.76. The summed E-state index contributed by atoms with van der Waals surface area (Å²) in [5.74, 6) is -1.12. The van der Waals surface area contributed by atoms with Gasteiger partial charge >= 0.3 is 0 Å². The first kappa shape index (κ1) is 14.2. The summed E-state index contributed by atoms with van der Waals surface area (Å²) in [6.07, 6.45) is 3.56. The monoisotopic (exact) mass is 301 g/mol. The number of nitrogens with one attached hydrogen (secondary N) is 1. The molecule has 0 saturated heterocycles. The number of carbonyl (C=O) groups excluding carboxylic acids is 1. The number of aromatic nitrogens is 2. The van der Waals surface area contributed by atoms with E-state index in [9.17, 15) is 13.6 Å². The van der Waals surface area contributed by atoms with Crippen molar-refractivity contribution in [1.29, 1.82) is 0 Å². The van der Waals surface area contributed by atoms with Crippen LogP contribution in [0.2, 0.25) is 0 Å². The van der Waals surface area contributed by atoms with Crippen molar-refractivity contribution in [3.05, 3.63) is 71.7 Å². The number of nitrogens with zero attached hydrogens (tertiary/aromatic N) is 2. The summed E-state index contributed by atoms with van der Waals surface area (Å²) in [7, 11) is 0. The fourth-order valence-corrected chi connectivity index (χ4v) is 2.17. The number of rotatable bonds is 4. The number of hydrogen-bond acceptors (Lipinski definition) is 2. The van der Waals surface area contributed by atoms with E-state index in [4.69, 9.17) is 0 Å². The maximum Gasteiger partial charge on any atom is 0.251 e. The van der Waals surface area contributed by atoms with Crippen LogP contribution in [0.25, 0.3) is 5.65 Å². The quantitative estimate of drug-likeness (QED) is 0.805. The van der Waals surface area contributed by atoms with Gasteiger partial charge in [-0.15, -0.1) is 0 Å². The summed E-state index contributed by atoms with van der Waals surface area (Å²) in [5.41, 5.74) is 1.66. The number of imidazole rings is 1. The van der Waals surface area contributed by atoms with Crippen molar-refractivity contribution in [2.24, 2.45) is 0 Å². The van der Waals surface area contributed by atoms with Gasteiger partial charge in [0, 0.05) is 30.9 Å². The number of carbonyl (C=O) groups is 1. The Bertz CT molecular complexity index is 829. The molecule has 0 aliphatic heterocycles. The summed E-state index contributed by atoms with van der Waals surface area (Å²) in [6.45, 7) is 0.363. The highest BCUT2D eigenvalue weighted by Crippen LogP contribution is 2.07. The van der Waals surface area contributed by atoms with Crippen LogP contribution in [-0.4, -0.2) is 21.8 Å². The van der Waals surface area contributed by atoms with Crippen LogP contribution in [0.1, 0.15) is 16.1 Å². The van der Waals surface area contributed by atoms with E-state index in [-0.39, 0.29) is 17.3 Å². The second-order valence-electron chi connectivity index (χ2n) is 4.86. The number of benzene rings is 1. The van der Waals surface area contributed by atoms with Crippen LogP contribution in [0.15, 0.2) is 48.8 Å². The van der Waals surface area contributed by atoms with Crippen molar-refractivity contribution in [2.75, 3.05) is 6.54 Å². The van der Waals surface area contributed by atoms with Gasteiger partial charge in [-0.3, -0.25) is 4.79 Å². The molecule has 0 saturated carbocycles. The third-order valence-corrected chi connectivity index (χ3v) is 3.22. The molecule has 0 fully saturated rings. The molecular weight excluding hydrogens is 288 g/mol. The van der Waals surface area contributed by atoms with Crippen LogP contribution in [0, 0.1) is 11.6 Å². The summed E-state index contributed by atoms with van der Waals surface area (Å²) >= 11 is 0. The first-order valence-corrected chi connectivity index (χ1v) is 6.79. The molecule has 1 amide bonds. The Morgan fingerprint density at radius 2 is 2.00 bits per heavy atom. The molecular formula is C16H13F2N3O. The summed E-state index contributed by atoms with van der Waals surface area (Å²) in [6, 6.07) is 8.44. The molecule has 112 valence electrons. The third kappa shape index (κ3) is 3.11. The van der Waals surface area contributed by atoms with E-state index in [0.29, 0.717) is 18.6 Å². The molecule has 22 heavy (non-hydrogen) atoms. The molecule has 3 aromatic rings. The van der Waals surface area contributed by atoms with Gasteiger partial charge in [0.1, 0.15) is 17.3 Å². The van der Waals surface area contributed by atoms with Crippen molar-refractivity contribution >= 4 is 11.6 Å². The summed E-state index contributed by atoms with van der Waals surface area (Å²) in [4.78, 5) is 16.2. The third-order valence-electron chi connectivity index (χ3n) is 3.22. The highest BCUT2D eigenvalue weighted by Gasteiger charge is 2.07. The van der Waals surface area contributed by atoms with Gasteiger partial charge in [0.15, 0.2) is 0 Å². The Morgan fingerprint density at radius 1 is 1.14 bits per heavy atom. The Morgan fingerprint density at radius 3 is 2.82 bits per heavy atom. The molecule has 6 heteroatoms. The van der Waals surface area contributed by atoms with Crippen LogP contribution in [0.3, 0.4) is 0 Å². The second-order valence-corrected chi connectivity index (χ2v) is 4.86. The van der Waals surface area contributed by atoms with E-state index < -0.39 is 5.82 Å². The first-order valence-electron chi connectivity index (χ1n) is 6.79. The molecule has 4 nitrogen and oxygen atoms in total. The minimum Gasteiger partial charge on any atom is -0.352 e. The normalized spacial score (nSPS) is 10.8. The minimum atomic E-state index is -0.449. The standard InChI is InChI=1S/C16H13F2N3O/c17-12-3-1-2-11(8-12)16(22)19-7-6-14-10-21-9-13(18)4-5-15(21)20-14/h1-5,8-10H,6-7H2,(H,19,22). The van der Waals surface area contributed by atoms with E-state index >= 15 is 0 Å². The maximum atomic E-state index is 13.1. The predicted molar refractivity (Wildman–Crippen MR) is 77.6 cm³/mol. The lowest BCUT2D eigenvalue weighted by molar-refractivity contribution is 0.0953. The zero-order valence-corrected chi connectivity index (χ0v) is 11.6. The van der Waals surface area contributed by atoms with Gasteiger partial charge < -0.3 is 9.72 Å². The van der Waals surface area contributed by atoms with E-state index in [0.717, 1.165) is 5.69 Å². The molecule has 0 aliphatic carbocycles. The van der Waals surface area contributed by atoms with Crippen molar-refractivity contribution < 1.29 is 13.6 Å². The Kier molecular flexibility index (Phi) is 3.82. The van der Waals surface area contributed by atoms with Crippen LogP contribution in [0.5, 0.6) is 0 Å². The summed E-state index contributed by atoms with van der Waals surface area (Å²) < 4.78 is 27.7. The highest BCUT2D eigenvalue weighted by atomic mass is 19.1. The predicted octanol–water partition coefficient (Wildman–Crippen LogP) is 2.59. The molecule has 0 bridgehead atoms. The topological polar surface area (TPSA) is 46.4 Å². The average molecular weight is 301 g/mol. The molecule has 0 unspecified atom stereocenters. The van der Waals surface area contributed by atoms with Crippen LogP contribution >= 0.6 is 0 Å². The van der Waals surface area contributed by atoms with Crippen LogP contribution in [0.4, 0.5) is 8.78 Å². The molecule has 3 rings (SSSR count). The first-order chi connectivity index (χ1) is 10.6. The van der Waals surface area contributed by atoms with Gasteiger partial charge in [-0.1, -0.05) is 6.07 Å². The summed E-state index contributed by atoms with van der Waals surface area (Å²) in [5, 5.41) is 2.70. The fourth-order valence-electron chi connectivity index (χ4n) is 2.17. The maximum absolute atomic E-state index is 13.1. The average Bonchev–Trinajstić information content (AvgIpc) is 2.89. The number of amides is 1. The smallest absolute Gasteiger partial charge is 0.251 e. The number of pyridine rings is 1. The van der Waals surface area contributed by atoms with Gasteiger partial charge in [-0.2, -0.15) is 0 Å². The number of halogens is 2. The molecule has 0 aliphatic rings. The number of fused-ring (bicyclic) bond motifs is 1. The molecule has 1 N–H and O–H groups in total. The Balaban J connectivity index is 1.61. The van der Waals surface area contributed by atoms with E-state index in [1.165, 1.54) is 30.5 Å². The van der Waals surface area contributed by atoms with E-state index in [1.807, 2.05) is 0 Å². The van der Waals surface area contributed by atoms with Crippen LogP contribution in [-0.2, 0) is 6.42 Å². The number of hydrogen-bond donors (Lipinski definition) is 1. The minimum absolute atomic E-state index is 0.275. The van der Waals surface area contributed by atoms with E-state index in [2.05, 4.69) is 10.3 Å². The highest BCUT2D eigenvalue weighted by molar-refractivity contribution is 5.94. The van der Waals surface area contributed by atoms with Crippen molar-refractivity contribution in [3.8, 4) is 0 Å². The molecule has 0 radical (unpaired) electrons. The molecule has 2 aromatic heterocycles. The van der Waals surface area contributed by atoms with Crippen molar-refractivity contribution in [3.63, 3.8) is 0 Å². The van der Waals surface area contributed by atoms with Gasteiger partial charge in [-0.05, 0) is 30.3 Å². The molecule has 0 atom stereocenters.